The number of benzene rings is 6. The number of carbonyl (C=O) groups excluding carboxylic acids is 1. The summed E-state index contributed by atoms with van der Waals surface area (Å²) in [7, 11) is 3.38. The lowest BCUT2D eigenvalue weighted by molar-refractivity contribution is -0.167. The number of nitrogen functional groups attached to an aromatic ring is 1. The van der Waals surface area contributed by atoms with Gasteiger partial charge in [0.1, 0.15) is 23.0 Å². The highest BCUT2D eigenvalue weighted by Gasteiger charge is 2.20. The topological polar surface area (TPSA) is 175 Å². The van der Waals surface area contributed by atoms with Crippen molar-refractivity contribution in [1.82, 2.24) is 24.3 Å². The molecule has 0 atom stereocenters. The fourth-order valence-corrected chi connectivity index (χ4v) is 8.24. The van der Waals surface area contributed by atoms with Crippen LogP contribution in [0.2, 0.25) is 0 Å². The molecule has 0 aliphatic rings. The maximum atomic E-state index is 11.8. The van der Waals surface area contributed by atoms with Crippen LogP contribution in [0.3, 0.4) is 0 Å². The van der Waals surface area contributed by atoms with Gasteiger partial charge in [-0.1, -0.05) is 121 Å². The molecule has 0 radical (unpaired) electrons. The van der Waals surface area contributed by atoms with Gasteiger partial charge in [0.05, 0.1) is 42.2 Å². The van der Waals surface area contributed by atoms with Crippen LogP contribution in [0, 0.1) is 0 Å². The zero-order valence-corrected chi connectivity index (χ0v) is 45.0. The third-order valence-corrected chi connectivity index (χ3v) is 12.2. The number of carbonyl (C=O) groups is 1. The normalized spacial score (nSPS) is 10.9. The van der Waals surface area contributed by atoms with Crippen LogP contribution in [-0.2, 0) is 49.4 Å². The van der Waals surface area contributed by atoms with Crippen molar-refractivity contribution in [2.24, 2.45) is 0 Å². The van der Waals surface area contributed by atoms with Gasteiger partial charge >= 0.3 is 0 Å². The first-order valence-corrected chi connectivity index (χ1v) is 26.3. The molecule has 3 N–H and O–H groups in total. The average molecular weight is 1050 g/mol. The van der Waals surface area contributed by atoms with E-state index in [4.69, 9.17) is 49.1 Å². The van der Waals surface area contributed by atoms with Crippen LogP contribution < -0.4 is 15.2 Å². The molecule has 6 aromatic carbocycles. The Morgan fingerprint density at radius 1 is 0.538 bits per heavy atom. The van der Waals surface area contributed by atoms with E-state index in [9.17, 15) is 9.90 Å². The molecular formula is C64H70N6O8. The molecule has 404 valence electrons. The molecule has 0 bridgehead atoms. The first-order chi connectivity index (χ1) is 38.2. The molecule has 0 aliphatic heterocycles. The second kappa shape index (κ2) is 31.1. The van der Waals surface area contributed by atoms with Gasteiger partial charge in [0.2, 0.25) is 12.2 Å². The number of hydrogen-bond acceptors (Lipinski definition) is 13. The van der Waals surface area contributed by atoms with E-state index in [1.54, 1.807) is 24.8 Å². The first-order valence-electron chi connectivity index (χ1n) is 26.3. The molecule has 0 spiro atoms. The number of aromatic nitrogens is 5. The summed E-state index contributed by atoms with van der Waals surface area (Å²) in [6.07, 6.45) is 6.71. The van der Waals surface area contributed by atoms with Crippen molar-refractivity contribution in [3.8, 4) is 39.9 Å². The summed E-state index contributed by atoms with van der Waals surface area (Å²) in [5.74, 6) is 2.21. The van der Waals surface area contributed by atoms with Gasteiger partial charge in [-0.2, -0.15) is 0 Å². The fraction of sp³-hybridized carbons (Fsp3) is 0.266. The Balaban J connectivity index is 0.000000184. The summed E-state index contributed by atoms with van der Waals surface area (Å²) in [5, 5.41) is 11.1. The zero-order valence-electron chi connectivity index (χ0n) is 45.0. The van der Waals surface area contributed by atoms with Gasteiger partial charge in [0.15, 0.2) is 11.4 Å². The number of methoxy groups -OCH3 is 2. The highest BCUT2D eigenvalue weighted by molar-refractivity contribution is 5.84. The quantitative estimate of drug-likeness (QED) is 0.0409. The van der Waals surface area contributed by atoms with Crippen molar-refractivity contribution < 1.29 is 38.3 Å². The molecule has 3 aromatic heterocycles. The SMILES string of the molecule is CCOC(OCC)C(=O)Cc1ccccc1.COCCCOc1ccc(-c2cn3c(O)c(Cc4ccccc4)nc3c(Cc3ccccc3)n2)cc1.COCCCOc1ccc(-c2cnc(N)c(Cc3ccccc3)n2)cc1. The lowest BCUT2D eigenvalue weighted by Crippen LogP contribution is -2.29. The summed E-state index contributed by atoms with van der Waals surface area (Å²) in [5.41, 5.74) is 16.8. The zero-order chi connectivity index (χ0) is 54.7. The second-order valence-corrected chi connectivity index (χ2v) is 18.0. The summed E-state index contributed by atoms with van der Waals surface area (Å²) in [6, 6.07) is 55.7. The number of Topliss-reactive ketones (excluding diaryl/α,β-unsaturated/α-hetero) is 1. The van der Waals surface area contributed by atoms with E-state index >= 15 is 0 Å². The van der Waals surface area contributed by atoms with Crippen LogP contribution in [0.4, 0.5) is 5.82 Å². The van der Waals surface area contributed by atoms with Crippen LogP contribution in [0.15, 0.2) is 182 Å². The van der Waals surface area contributed by atoms with Crippen molar-refractivity contribution in [2.45, 2.75) is 58.7 Å². The Labute approximate surface area is 457 Å². The maximum Gasteiger partial charge on any atom is 0.219 e. The summed E-state index contributed by atoms with van der Waals surface area (Å²) >= 11 is 0. The lowest BCUT2D eigenvalue weighted by atomic mass is 10.1. The largest absolute Gasteiger partial charge is 0.494 e. The Hall–Kier alpha value is -8.27. The number of aromatic hydroxyl groups is 1. The monoisotopic (exact) mass is 1050 g/mol. The molecule has 0 saturated carbocycles. The van der Waals surface area contributed by atoms with Gasteiger partial charge < -0.3 is 39.3 Å². The van der Waals surface area contributed by atoms with Crippen LogP contribution in [0.1, 0.15) is 66.0 Å². The number of rotatable bonds is 25. The van der Waals surface area contributed by atoms with Gasteiger partial charge in [0.25, 0.3) is 0 Å². The molecule has 9 aromatic rings. The number of fused-ring (bicyclic) bond motifs is 1. The van der Waals surface area contributed by atoms with E-state index in [2.05, 4.69) is 29.2 Å². The molecule has 9 rings (SSSR count). The Morgan fingerprint density at radius 2 is 0.974 bits per heavy atom. The lowest BCUT2D eigenvalue weighted by Gasteiger charge is -2.15. The van der Waals surface area contributed by atoms with Gasteiger partial charge in [-0.05, 0) is 84.6 Å². The third-order valence-electron chi connectivity index (χ3n) is 12.2. The summed E-state index contributed by atoms with van der Waals surface area (Å²) < 4.78 is 33.8. The number of ether oxygens (including phenoxy) is 6. The van der Waals surface area contributed by atoms with E-state index in [0.717, 1.165) is 80.5 Å². The minimum Gasteiger partial charge on any atom is -0.494 e. The van der Waals surface area contributed by atoms with E-state index in [-0.39, 0.29) is 11.7 Å². The molecule has 14 heteroatoms. The third kappa shape index (κ3) is 17.6. The highest BCUT2D eigenvalue weighted by atomic mass is 16.7. The number of ketones is 1. The maximum absolute atomic E-state index is 11.8. The predicted octanol–water partition coefficient (Wildman–Crippen LogP) is 11.6. The van der Waals surface area contributed by atoms with Crippen molar-refractivity contribution >= 4 is 17.2 Å². The van der Waals surface area contributed by atoms with E-state index in [0.29, 0.717) is 82.5 Å². The molecule has 0 saturated heterocycles. The van der Waals surface area contributed by atoms with Crippen molar-refractivity contribution in [3.05, 3.63) is 222 Å². The molecular weight excluding hydrogens is 981 g/mol. The molecule has 78 heavy (non-hydrogen) atoms. The molecule has 0 unspecified atom stereocenters. The van der Waals surface area contributed by atoms with Crippen LogP contribution >= 0.6 is 0 Å². The van der Waals surface area contributed by atoms with E-state index < -0.39 is 6.29 Å². The van der Waals surface area contributed by atoms with Crippen molar-refractivity contribution in [3.63, 3.8) is 0 Å². The van der Waals surface area contributed by atoms with Gasteiger partial charge in [-0.25, -0.2) is 19.9 Å². The Kier molecular flexibility index (Phi) is 22.9. The van der Waals surface area contributed by atoms with Gasteiger partial charge in [-0.3, -0.25) is 9.20 Å². The number of hydrogen-bond donors (Lipinski definition) is 2. The minimum atomic E-state index is -0.727. The number of imidazole rings is 1. The Morgan fingerprint density at radius 3 is 1.45 bits per heavy atom. The van der Waals surface area contributed by atoms with Gasteiger partial charge in [0, 0.05) is 96.5 Å². The standard InChI is InChI=1S/C30H29N3O3.C21H23N3O2.C13H18O3/c1-35-17-8-18-36-25-15-13-24(14-16-25)28-21-33-29(26(31-28)19-22-9-4-2-5-10-22)32-27(30(33)34)20-23-11-6-3-7-12-23;1-25-12-5-13-26-18-10-8-17(9-11-18)20-15-23-21(22)19(24-20)14-16-6-3-2-4-7-16;1-3-15-13(16-4-2)12(14)10-11-8-6-5-7-9-11/h2-7,9-16,21,34H,8,17-20H2,1H3;2-4,6-11,15H,5,12-14H2,1H3,(H2,22,23);5-9,13H,3-4,10H2,1-2H3. The van der Waals surface area contributed by atoms with Crippen molar-refractivity contribution in [2.75, 3.05) is 59.6 Å². The predicted molar refractivity (Wildman–Crippen MR) is 306 cm³/mol. The van der Waals surface area contributed by atoms with E-state index in [1.807, 2.05) is 166 Å². The molecule has 3 heterocycles. The summed E-state index contributed by atoms with van der Waals surface area (Å²) in [6.45, 7) is 7.26. The number of anilines is 1. The van der Waals surface area contributed by atoms with Crippen molar-refractivity contribution in [1.29, 1.82) is 0 Å². The molecule has 14 nitrogen and oxygen atoms in total. The van der Waals surface area contributed by atoms with Gasteiger partial charge in [-0.15, -0.1) is 0 Å². The second-order valence-electron chi connectivity index (χ2n) is 18.0. The van der Waals surface area contributed by atoms with Crippen LogP contribution in [0.5, 0.6) is 17.4 Å². The summed E-state index contributed by atoms with van der Waals surface area (Å²) in [4.78, 5) is 30.7. The smallest absolute Gasteiger partial charge is 0.219 e. The Bertz CT molecular complexity index is 3160. The molecule has 0 fully saturated rings. The number of nitrogens with zero attached hydrogens (tertiary/aromatic N) is 5. The van der Waals surface area contributed by atoms with E-state index in [1.165, 1.54) is 0 Å². The highest BCUT2D eigenvalue weighted by Crippen LogP contribution is 2.30. The molecule has 0 aliphatic carbocycles. The molecule has 0 amide bonds. The van der Waals surface area contributed by atoms with Crippen LogP contribution in [0.25, 0.3) is 28.2 Å². The minimum absolute atomic E-state index is 0.0325. The number of nitrogens with two attached hydrogens (primary N) is 1. The first kappa shape index (κ1) is 57.4. The van der Waals surface area contributed by atoms with Crippen LogP contribution in [-0.4, -0.2) is 95.4 Å². The fourth-order valence-electron chi connectivity index (χ4n) is 8.24. The average Bonchev–Trinajstić information content (AvgIpc) is 3.80.